The molecule has 0 aliphatic heterocycles. The number of carbonyl (C=O) groups excluding carboxylic acids is 1. The molecule has 1 N–H and O–H groups in total. The third-order valence-electron chi connectivity index (χ3n) is 3.48. The van der Waals surface area contributed by atoms with Crippen molar-refractivity contribution >= 4 is 5.97 Å². The Morgan fingerprint density at radius 3 is 2.47 bits per heavy atom. The minimum atomic E-state index is -0.237. The van der Waals surface area contributed by atoms with E-state index in [0.717, 1.165) is 18.7 Å². The zero-order chi connectivity index (χ0) is 14.4. The SMILES string of the molecule is COC(=O)CNCCc1c(C)cc(OC)c(C)c1C. The summed E-state index contributed by atoms with van der Waals surface area (Å²) in [6.45, 7) is 7.27. The molecule has 4 heteroatoms. The van der Waals surface area contributed by atoms with E-state index in [1.54, 1.807) is 7.11 Å². The largest absolute Gasteiger partial charge is 0.496 e. The van der Waals surface area contributed by atoms with E-state index in [9.17, 15) is 4.79 Å². The lowest BCUT2D eigenvalue weighted by molar-refractivity contribution is -0.139. The number of nitrogens with one attached hydrogen (secondary N) is 1. The van der Waals surface area contributed by atoms with Gasteiger partial charge in [-0.25, -0.2) is 0 Å². The second-order valence-corrected chi connectivity index (χ2v) is 4.63. The molecule has 19 heavy (non-hydrogen) atoms. The van der Waals surface area contributed by atoms with Crippen molar-refractivity contribution in [2.75, 3.05) is 27.3 Å². The second kappa shape index (κ2) is 7.14. The summed E-state index contributed by atoms with van der Waals surface area (Å²) in [5.41, 5.74) is 4.98. The zero-order valence-corrected chi connectivity index (χ0v) is 12.4. The number of hydrogen-bond acceptors (Lipinski definition) is 4. The van der Waals surface area contributed by atoms with Crippen LogP contribution < -0.4 is 10.1 Å². The highest BCUT2D eigenvalue weighted by Crippen LogP contribution is 2.27. The van der Waals surface area contributed by atoms with Gasteiger partial charge in [-0.3, -0.25) is 4.79 Å². The maximum absolute atomic E-state index is 11.0. The van der Waals surface area contributed by atoms with E-state index in [-0.39, 0.29) is 12.5 Å². The van der Waals surface area contributed by atoms with Crippen molar-refractivity contribution in [1.29, 1.82) is 0 Å². The van der Waals surface area contributed by atoms with Crippen LogP contribution in [0.5, 0.6) is 5.75 Å². The topological polar surface area (TPSA) is 47.6 Å². The van der Waals surface area contributed by atoms with Crippen LogP contribution in [0, 0.1) is 20.8 Å². The van der Waals surface area contributed by atoms with Gasteiger partial charge < -0.3 is 14.8 Å². The first-order valence-electron chi connectivity index (χ1n) is 6.42. The minimum Gasteiger partial charge on any atom is -0.496 e. The Labute approximate surface area is 115 Å². The van der Waals surface area contributed by atoms with Crippen LogP contribution in [0.4, 0.5) is 0 Å². The standard InChI is InChI=1S/C15H23NO3/c1-10-8-14(18-4)12(3)11(2)13(10)6-7-16-9-15(17)19-5/h8,16H,6-7,9H2,1-5H3. The van der Waals surface area contributed by atoms with Crippen LogP contribution in [0.25, 0.3) is 0 Å². The van der Waals surface area contributed by atoms with E-state index in [1.165, 1.54) is 29.4 Å². The number of hydrogen-bond donors (Lipinski definition) is 1. The molecule has 0 saturated carbocycles. The number of ether oxygens (including phenoxy) is 2. The van der Waals surface area contributed by atoms with Crippen LogP contribution in [-0.2, 0) is 16.0 Å². The van der Waals surface area contributed by atoms with Gasteiger partial charge in [-0.15, -0.1) is 0 Å². The third-order valence-corrected chi connectivity index (χ3v) is 3.48. The molecule has 0 amide bonds. The molecule has 0 aromatic heterocycles. The highest BCUT2D eigenvalue weighted by Gasteiger charge is 2.10. The number of rotatable bonds is 6. The van der Waals surface area contributed by atoms with Crippen LogP contribution in [0.1, 0.15) is 22.3 Å². The summed E-state index contributed by atoms with van der Waals surface area (Å²) in [6.07, 6.45) is 0.888. The molecule has 4 nitrogen and oxygen atoms in total. The molecule has 0 unspecified atom stereocenters. The number of carbonyl (C=O) groups is 1. The van der Waals surface area contributed by atoms with Gasteiger partial charge in [0.15, 0.2) is 0 Å². The highest BCUT2D eigenvalue weighted by molar-refractivity contribution is 5.71. The van der Waals surface area contributed by atoms with Gasteiger partial charge in [0.25, 0.3) is 0 Å². The molecule has 0 aliphatic carbocycles. The maximum atomic E-state index is 11.0. The lowest BCUT2D eigenvalue weighted by Gasteiger charge is -2.16. The van der Waals surface area contributed by atoms with Gasteiger partial charge in [-0.05, 0) is 62.1 Å². The van der Waals surface area contributed by atoms with Gasteiger partial charge in [-0.2, -0.15) is 0 Å². The van der Waals surface area contributed by atoms with Gasteiger partial charge in [0.2, 0.25) is 0 Å². The highest BCUT2D eigenvalue weighted by atomic mass is 16.5. The normalized spacial score (nSPS) is 10.4. The molecule has 0 aliphatic rings. The Hall–Kier alpha value is -1.55. The van der Waals surface area contributed by atoms with Crippen molar-refractivity contribution in [1.82, 2.24) is 5.32 Å². The third kappa shape index (κ3) is 3.96. The molecule has 0 atom stereocenters. The van der Waals surface area contributed by atoms with E-state index >= 15 is 0 Å². The van der Waals surface area contributed by atoms with Gasteiger partial charge in [0.1, 0.15) is 5.75 Å². The Morgan fingerprint density at radius 2 is 1.89 bits per heavy atom. The minimum absolute atomic E-state index is 0.237. The van der Waals surface area contributed by atoms with E-state index in [4.69, 9.17) is 4.74 Å². The fourth-order valence-corrected chi connectivity index (χ4v) is 2.17. The first-order valence-corrected chi connectivity index (χ1v) is 6.42. The summed E-state index contributed by atoms with van der Waals surface area (Å²) in [5.74, 6) is 0.695. The fourth-order valence-electron chi connectivity index (χ4n) is 2.17. The molecule has 106 valence electrons. The summed E-state index contributed by atoms with van der Waals surface area (Å²) in [4.78, 5) is 11.0. The van der Waals surface area contributed by atoms with E-state index in [2.05, 4.69) is 36.9 Å². The van der Waals surface area contributed by atoms with Crippen LogP contribution in [0.3, 0.4) is 0 Å². The van der Waals surface area contributed by atoms with Gasteiger partial charge in [-0.1, -0.05) is 0 Å². The van der Waals surface area contributed by atoms with Crippen molar-refractivity contribution < 1.29 is 14.3 Å². The average molecular weight is 265 g/mol. The Bertz CT molecular complexity index is 455. The van der Waals surface area contributed by atoms with Crippen molar-refractivity contribution in [2.45, 2.75) is 27.2 Å². The lowest BCUT2D eigenvalue weighted by Crippen LogP contribution is -2.26. The van der Waals surface area contributed by atoms with Crippen LogP contribution in [0.15, 0.2) is 6.07 Å². The number of esters is 1. The Balaban J connectivity index is 2.69. The van der Waals surface area contributed by atoms with E-state index in [0.29, 0.717) is 0 Å². The summed E-state index contributed by atoms with van der Waals surface area (Å²) in [5, 5.41) is 3.08. The molecule has 0 spiro atoms. The van der Waals surface area contributed by atoms with Crippen molar-refractivity contribution in [3.63, 3.8) is 0 Å². The van der Waals surface area contributed by atoms with Crippen LogP contribution in [-0.4, -0.2) is 33.3 Å². The molecule has 1 aromatic rings. The summed E-state index contributed by atoms with van der Waals surface area (Å²) >= 11 is 0. The molecule has 0 heterocycles. The van der Waals surface area contributed by atoms with Crippen LogP contribution >= 0.6 is 0 Å². The maximum Gasteiger partial charge on any atom is 0.319 e. The van der Waals surface area contributed by atoms with E-state index in [1.807, 2.05) is 0 Å². The molecule has 1 aromatic carbocycles. The number of aryl methyl sites for hydroxylation is 1. The van der Waals surface area contributed by atoms with Crippen molar-refractivity contribution in [3.8, 4) is 5.75 Å². The van der Waals surface area contributed by atoms with E-state index < -0.39 is 0 Å². The number of benzene rings is 1. The predicted molar refractivity (Wildman–Crippen MR) is 75.8 cm³/mol. The Morgan fingerprint density at radius 1 is 1.21 bits per heavy atom. The molecular formula is C15H23NO3. The first kappa shape index (κ1) is 15.5. The summed E-state index contributed by atoms with van der Waals surface area (Å²) < 4.78 is 9.94. The predicted octanol–water partition coefficient (Wildman–Crippen LogP) is 1.93. The van der Waals surface area contributed by atoms with Gasteiger partial charge in [0, 0.05) is 0 Å². The monoisotopic (exact) mass is 265 g/mol. The Kier molecular flexibility index (Phi) is 5.83. The molecule has 0 fully saturated rings. The molecular weight excluding hydrogens is 242 g/mol. The molecule has 1 rings (SSSR count). The fraction of sp³-hybridized carbons (Fsp3) is 0.533. The molecule has 0 bridgehead atoms. The average Bonchev–Trinajstić information content (AvgIpc) is 2.41. The van der Waals surface area contributed by atoms with Gasteiger partial charge >= 0.3 is 5.97 Å². The van der Waals surface area contributed by atoms with Crippen molar-refractivity contribution in [2.24, 2.45) is 0 Å². The molecule has 0 radical (unpaired) electrons. The van der Waals surface area contributed by atoms with Crippen molar-refractivity contribution in [3.05, 3.63) is 28.3 Å². The second-order valence-electron chi connectivity index (χ2n) is 4.63. The lowest BCUT2D eigenvalue weighted by atomic mass is 9.95. The summed E-state index contributed by atoms with van der Waals surface area (Å²) in [7, 11) is 3.09. The summed E-state index contributed by atoms with van der Waals surface area (Å²) in [6, 6.07) is 2.07. The van der Waals surface area contributed by atoms with Crippen LogP contribution in [0.2, 0.25) is 0 Å². The zero-order valence-electron chi connectivity index (χ0n) is 12.4. The molecule has 0 saturated heterocycles. The quantitative estimate of drug-likeness (QED) is 0.630. The smallest absolute Gasteiger partial charge is 0.319 e. The van der Waals surface area contributed by atoms with Gasteiger partial charge in [0.05, 0.1) is 20.8 Å². The first-order chi connectivity index (χ1) is 9.01. The number of methoxy groups -OCH3 is 2.